The SMILES string of the molecule is CC(=O)Oc1ccncc1Br. The van der Waals surface area contributed by atoms with Crippen LogP contribution in [0.4, 0.5) is 0 Å². The molecular weight excluding hydrogens is 210 g/mol. The minimum atomic E-state index is -0.336. The van der Waals surface area contributed by atoms with Crippen molar-refractivity contribution >= 4 is 21.9 Å². The van der Waals surface area contributed by atoms with Gasteiger partial charge >= 0.3 is 5.97 Å². The molecule has 1 heterocycles. The number of ether oxygens (including phenoxy) is 1. The van der Waals surface area contributed by atoms with Crippen molar-refractivity contribution in [2.75, 3.05) is 0 Å². The third kappa shape index (κ3) is 2.31. The smallest absolute Gasteiger partial charge is 0.308 e. The van der Waals surface area contributed by atoms with Crippen LogP contribution in [0.25, 0.3) is 0 Å². The molecular formula is C7H6BrNO2. The number of nitrogens with zero attached hydrogens (tertiary/aromatic N) is 1. The molecule has 0 aromatic carbocycles. The van der Waals surface area contributed by atoms with Crippen LogP contribution in [0, 0.1) is 0 Å². The zero-order valence-corrected chi connectivity index (χ0v) is 7.46. The van der Waals surface area contributed by atoms with Crippen molar-refractivity contribution in [1.82, 2.24) is 4.98 Å². The summed E-state index contributed by atoms with van der Waals surface area (Å²) in [6.07, 6.45) is 3.13. The van der Waals surface area contributed by atoms with Crippen LogP contribution >= 0.6 is 15.9 Å². The van der Waals surface area contributed by atoms with Gasteiger partial charge < -0.3 is 4.74 Å². The van der Waals surface area contributed by atoms with Crippen molar-refractivity contribution in [1.29, 1.82) is 0 Å². The molecule has 11 heavy (non-hydrogen) atoms. The topological polar surface area (TPSA) is 39.2 Å². The first-order valence-corrected chi connectivity index (χ1v) is 3.77. The predicted molar refractivity (Wildman–Crippen MR) is 43.2 cm³/mol. The largest absolute Gasteiger partial charge is 0.425 e. The molecule has 0 atom stereocenters. The fourth-order valence-corrected chi connectivity index (χ4v) is 0.931. The third-order valence-corrected chi connectivity index (χ3v) is 1.58. The van der Waals surface area contributed by atoms with Gasteiger partial charge in [-0.15, -0.1) is 0 Å². The second-order valence-electron chi connectivity index (χ2n) is 1.90. The summed E-state index contributed by atoms with van der Waals surface area (Å²) in [6, 6.07) is 1.62. The maximum atomic E-state index is 10.5. The minimum Gasteiger partial charge on any atom is -0.425 e. The van der Waals surface area contributed by atoms with Gasteiger partial charge in [-0.05, 0) is 15.9 Å². The Morgan fingerprint density at radius 2 is 2.45 bits per heavy atom. The molecule has 0 radical (unpaired) electrons. The first-order chi connectivity index (χ1) is 5.20. The summed E-state index contributed by atoms with van der Waals surface area (Å²) < 4.78 is 5.50. The Kier molecular flexibility index (Phi) is 2.59. The molecule has 0 bridgehead atoms. The van der Waals surface area contributed by atoms with Crippen LogP contribution in [0.5, 0.6) is 5.75 Å². The number of hydrogen-bond acceptors (Lipinski definition) is 3. The number of hydrogen-bond donors (Lipinski definition) is 0. The highest BCUT2D eigenvalue weighted by molar-refractivity contribution is 9.10. The van der Waals surface area contributed by atoms with Crippen LogP contribution < -0.4 is 4.74 Å². The highest BCUT2D eigenvalue weighted by Crippen LogP contribution is 2.22. The van der Waals surface area contributed by atoms with Crippen molar-refractivity contribution in [2.24, 2.45) is 0 Å². The molecule has 58 valence electrons. The molecule has 0 aliphatic heterocycles. The molecule has 3 nitrogen and oxygen atoms in total. The molecule has 0 unspecified atom stereocenters. The van der Waals surface area contributed by atoms with E-state index in [2.05, 4.69) is 20.9 Å². The van der Waals surface area contributed by atoms with Crippen LogP contribution in [-0.2, 0) is 4.79 Å². The average Bonchev–Trinajstić information content (AvgIpc) is 1.93. The van der Waals surface area contributed by atoms with Gasteiger partial charge in [0.2, 0.25) is 0 Å². The van der Waals surface area contributed by atoms with Crippen molar-refractivity contribution in [2.45, 2.75) is 6.92 Å². The van der Waals surface area contributed by atoms with E-state index >= 15 is 0 Å². The van der Waals surface area contributed by atoms with Crippen molar-refractivity contribution in [3.8, 4) is 5.75 Å². The summed E-state index contributed by atoms with van der Waals surface area (Å²) in [7, 11) is 0. The zero-order valence-electron chi connectivity index (χ0n) is 5.87. The van der Waals surface area contributed by atoms with E-state index in [1.54, 1.807) is 18.5 Å². The monoisotopic (exact) mass is 215 g/mol. The molecule has 0 saturated heterocycles. The van der Waals surface area contributed by atoms with Crippen LogP contribution in [0.3, 0.4) is 0 Å². The highest BCUT2D eigenvalue weighted by atomic mass is 79.9. The maximum absolute atomic E-state index is 10.5. The second kappa shape index (κ2) is 3.48. The van der Waals surface area contributed by atoms with Gasteiger partial charge in [0, 0.05) is 25.4 Å². The number of rotatable bonds is 1. The third-order valence-electron chi connectivity index (χ3n) is 0.989. The van der Waals surface area contributed by atoms with Crippen LogP contribution in [0.1, 0.15) is 6.92 Å². The van der Waals surface area contributed by atoms with E-state index in [0.29, 0.717) is 10.2 Å². The second-order valence-corrected chi connectivity index (χ2v) is 2.75. The molecule has 1 aromatic rings. The van der Waals surface area contributed by atoms with Gasteiger partial charge in [-0.1, -0.05) is 0 Å². The number of carbonyl (C=O) groups excluding carboxylic acids is 1. The number of halogens is 1. The Labute approximate surface area is 72.5 Å². The van der Waals surface area contributed by atoms with E-state index in [9.17, 15) is 4.79 Å². The summed E-state index contributed by atoms with van der Waals surface area (Å²) in [5, 5.41) is 0. The molecule has 1 aromatic heterocycles. The maximum Gasteiger partial charge on any atom is 0.308 e. The molecule has 1 rings (SSSR count). The lowest BCUT2D eigenvalue weighted by molar-refractivity contribution is -0.131. The fourth-order valence-electron chi connectivity index (χ4n) is 0.600. The lowest BCUT2D eigenvalue weighted by Crippen LogP contribution is -2.01. The van der Waals surface area contributed by atoms with E-state index in [1.807, 2.05) is 0 Å². The Balaban J connectivity index is 2.86. The average molecular weight is 216 g/mol. The molecule has 0 aliphatic carbocycles. The van der Waals surface area contributed by atoms with E-state index in [1.165, 1.54) is 6.92 Å². The van der Waals surface area contributed by atoms with Gasteiger partial charge in [-0.3, -0.25) is 9.78 Å². The lowest BCUT2D eigenvalue weighted by Gasteiger charge is -2.00. The van der Waals surface area contributed by atoms with Crippen LogP contribution in [-0.4, -0.2) is 11.0 Å². The fraction of sp³-hybridized carbons (Fsp3) is 0.143. The molecule has 0 N–H and O–H groups in total. The molecule has 0 saturated carbocycles. The summed E-state index contributed by atoms with van der Waals surface area (Å²) in [6.45, 7) is 1.35. The minimum absolute atomic E-state index is 0.336. The standard InChI is InChI=1S/C7H6BrNO2/c1-5(10)11-7-2-3-9-4-6(7)8/h2-4H,1H3. The Bertz CT molecular complexity index is 275. The quantitative estimate of drug-likeness (QED) is 0.671. The van der Waals surface area contributed by atoms with Crippen LogP contribution in [0.2, 0.25) is 0 Å². The van der Waals surface area contributed by atoms with E-state index < -0.39 is 0 Å². The van der Waals surface area contributed by atoms with Crippen LogP contribution in [0.15, 0.2) is 22.9 Å². The molecule has 0 fully saturated rings. The lowest BCUT2D eigenvalue weighted by atomic mass is 10.4. The number of esters is 1. The number of pyridine rings is 1. The first kappa shape index (κ1) is 8.20. The summed E-state index contributed by atoms with van der Waals surface area (Å²) in [5.74, 6) is 0.157. The highest BCUT2D eigenvalue weighted by Gasteiger charge is 2.01. The summed E-state index contributed by atoms with van der Waals surface area (Å²) >= 11 is 3.19. The van der Waals surface area contributed by atoms with E-state index in [-0.39, 0.29) is 5.97 Å². The van der Waals surface area contributed by atoms with Gasteiger partial charge in [0.05, 0.1) is 4.47 Å². The summed E-state index contributed by atoms with van der Waals surface area (Å²) in [4.78, 5) is 14.3. The van der Waals surface area contributed by atoms with Gasteiger partial charge in [-0.25, -0.2) is 0 Å². The Morgan fingerprint density at radius 3 is 3.00 bits per heavy atom. The summed E-state index contributed by atoms with van der Waals surface area (Å²) in [5.41, 5.74) is 0. The zero-order chi connectivity index (χ0) is 8.27. The van der Waals surface area contributed by atoms with Crippen molar-refractivity contribution < 1.29 is 9.53 Å². The van der Waals surface area contributed by atoms with E-state index in [4.69, 9.17) is 4.74 Å². The first-order valence-electron chi connectivity index (χ1n) is 2.98. The number of carbonyl (C=O) groups is 1. The number of aromatic nitrogens is 1. The Hall–Kier alpha value is -0.900. The normalized spacial score (nSPS) is 9.27. The predicted octanol–water partition coefficient (Wildman–Crippen LogP) is 1.77. The Morgan fingerprint density at radius 1 is 1.73 bits per heavy atom. The van der Waals surface area contributed by atoms with Crippen molar-refractivity contribution in [3.05, 3.63) is 22.9 Å². The van der Waals surface area contributed by atoms with Gasteiger partial charge in [0.25, 0.3) is 0 Å². The van der Waals surface area contributed by atoms with Gasteiger partial charge in [0.15, 0.2) is 0 Å². The molecule has 0 aliphatic rings. The van der Waals surface area contributed by atoms with Crippen molar-refractivity contribution in [3.63, 3.8) is 0 Å². The van der Waals surface area contributed by atoms with E-state index in [0.717, 1.165) is 0 Å². The van der Waals surface area contributed by atoms with Gasteiger partial charge in [-0.2, -0.15) is 0 Å². The van der Waals surface area contributed by atoms with Gasteiger partial charge in [0.1, 0.15) is 5.75 Å². The molecule has 0 spiro atoms. The molecule has 0 amide bonds. The molecule has 4 heteroatoms.